The average molecular weight is 396 g/mol. The molecule has 1 saturated heterocycles. The van der Waals surface area contributed by atoms with Gasteiger partial charge in [-0.05, 0) is 55.3 Å². The van der Waals surface area contributed by atoms with Crippen LogP contribution in [0.5, 0.6) is 11.5 Å². The summed E-state index contributed by atoms with van der Waals surface area (Å²) >= 11 is 5.91. The number of aliphatic carboxylic acids is 1. The first-order chi connectivity index (χ1) is 12.4. The number of piperidine rings is 1. The van der Waals surface area contributed by atoms with E-state index < -0.39 is 21.9 Å². The molecule has 1 N–H and O–H groups in total. The van der Waals surface area contributed by atoms with Crippen LogP contribution in [0.25, 0.3) is 0 Å². The van der Waals surface area contributed by atoms with Gasteiger partial charge in [-0.15, -0.1) is 0 Å². The van der Waals surface area contributed by atoms with E-state index in [4.69, 9.17) is 21.4 Å². The van der Waals surface area contributed by atoms with Crippen LogP contribution in [-0.4, -0.2) is 36.9 Å². The molecule has 1 heterocycles. The van der Waals surface area contributed by atoms with E-state index in [-0.39, 0.29) is 18.0 Å². The molecule has 1 aliphatic heterocycles. The zero-order valence-electron chi connectivity index (χ0n) is 13.8. The van der Waals surface area contributed by atoms with Gasteiger partial charge in [-0.25, -0.2) is 8.42 Å². The van der Waals surface area contributed by atoms with Gasteiger partial charge < -0.3 is 9.84 Å². The number of hydrogen-bond donors (Lipinski definition) is 1. The van der Waals surface area contributed by atoms with Gasteiger partial charge >= 0.3 is 5.97 Å². The van der Waals surface area contributed by atoms with E-state index in [2.05, 4.69) is 0 Å². The van der Waals surface area contributed by atoms with E-state index in [0.717, 1.165) is 0 Å². The molecule has 8 heteroatoms. The standard InChI is InChI=1S/C18H18ClNO5S/c19-14-2-1-3-16(12-14)25-15-4-6-17(7-5-15)26(23,24)20-10-8-13(9-11-20)18(21)22/h1-7,12-13H,8-11H2,(H,21,22). The van der Waals surface area contributed by atoms with Crippen LogP contribution in [0.4, 0.5) is 0 Å². The molecule has 2 aromatic carbocycles. The highest BCUT2D eigenvalue weighted by atomic mass is 35.5. The normalized spacial score (nSPS) is 16.3. The second-order valence-corrected chi connectivity index (χ2v) is 8.42. The number of hydrogen-bond acceptors (Lipinski definition) is 4. The van der Waals surface area contributed by atoms with Gasteiger partial charge in [0.25, 0.3) is 0 Å². The Hall–Kier alpha value is -2.09. The highest BCUT2D eigenvalue weighted by Gasteiger charge is 2.31. The zero-order chi connectivity index (χ0) is 18.7. The molecule has 0 spiro atoms. The fourth-order valence-electron chi connectivity index (χ4n) is 2.84. The van der Waals surface area contributed by atoms with Crippen molar-refractivity contribution in [3.05, 3.63) is 53.6 Å². The minimum atomic E-state index is -3.64. The van der Waals surface area contributed by atoms with Gasteiger partial charge in [0.2, 0.25) is 10.0 Å². The molecule has 0 saturated carbocycles. The topological polar surface area (TPSA) is 83.9 Å². The van der Waals surface area contributed by atoms with Crippen LogP contribution in [0.2, 0.25) is 5.02 Å². The summed E-state index contributed by atoms with van der Waals surface area (Å²) in [4.78, 5) is 11.2. The summed E-state index contributed by atoms with van der Waals surface area (Å²) in [5.74, 6) is -0.292. The van der Waals surface area contributed by atoms with Crippen LogP contribution in [-0.2, 0) is 14.8 Å². The highest BCUT2D eigenvalue weighted by Crippen LogP contribution is 2.28. The van der Waals surface area contributed by atoms with Gasteiger partial charge in [0.15, 0.2) is 0 Å². The summed E-state index contributed by atoms with van der Waals surface area (Å²) in [5.41, 5.74) is 0. The van der Waals surface area contributed by atoms with Gasteiger partial charge in [-0.3, -0.25) is 4.79 Å². The predicted octanol–water partition coefficient (Wildman–Crippen LogP) is 3.62. The predicted molar refractivity (Wildman–Crippen MR) is 97.1 cm³/mol. The van der Waals surface area contributed by atoms with Crippen molar-refractivity contribution in [2.24, 2.45) is 5.92 Å². The number of benzene rings is 2. The van der Waals surface area contributed by atoms with Crippen LogP contribution >= 0.6 is 11.6 Å². The van der Waals surface area contributed by atoms with E-state index in [1.54, 1.807) is 36.4 Å². The molecule has 0 amide bonds. The average Bonchev–Trinajstić information content (AvgIpc) is 2.62. The maximum Gasteiger partial charge on any atom is 0.306 e. The second-order valence-electron chi connectivity index (χ2n) is 6.05. The number of carboxylic acids is 1. The number of rotatable bonds is 5. The Balaban J connectivity index is 1.70. The van der Waals surface area contributed by atoms with E-state index >= 15 is 0 Å². The molecule has 3 rings (SSSR count). The van der Waals surface area contributed by atoms with Crippen LogP contribution in [0, 0.1) is 5.92 Å². The van der Waals surface area contributed by atoms with Gasteiger partial charge in [0, 0.05) is 18.1 Å². The van der Waals surface area contributed by atoms with E-state index in [1.165, 1.54) is 16.4 Å². The molecule has 1 aliphatic rings. The molecule has 0 radical (unpaired) electrons. The van der Waals surface area contributed by atoms with E-state index in [9.17, 15) is 13.2 Å². The number of sulfonamides is 1. The summed E-state index contributed by atoms with van der Waals surface area (Å²) in [5, 5.41) is 9.57. The van der Waals surface area contributed by atoms with Crippen molar-refractivity contribution in [3.63, 3.8) is 0 Å². The Labute approximate surface area is 157 Å². The van der Waals surface area contributed by atoms with Crippen molar-refractivity contribution in [2.45, 2.75) is 17.7 Å². The fraction of sp³-hybridized carbons (Fsp3) is 0.278. The third kappa shape index (κ3) is 4.17. The molecular formula is C18H18ClNO5S. The number of ether oxygens (including phenoxy) is 1. The van der Waals surface area contributed by atoms with Crippen LogP contribution in [0.15, 0.2) is 53.4 Å². The van der Waals surface area contributed by atoms with Gasteiger partial charge in [-0.2, -0.15) is 4.31 Å². The molecule has 0 atom stereocenters. The summed E-state index contributed by atoms with van der Waals surface area (Å²) < 4.78 is 32.4. The largest absolute Gasteiger partial charge is 0.481 e. The monoisotopic (exact) mass is 395 g/mol. The summed E-state index contributed by atoms with van der Waals surface area (Å²) in [6.45, 7) is 0.417. The maximum atomic E-state index is 12.7. The minimum Gasteiger partial charge on any atom is -0.481 e. The molecule has 0 aliphatic carbocycles. The summed E-state index contributed by atoms with van der Waals surface area (Å²) in [7, 11) is -3.64. The van der Waals surface area contributed by atoms with E-state index in [0.29, 0.717) is 29.4 Å². The van der Waals surface area contributed by atoms with Crippen LogP contribution < -0.4 is 4.74 Å². The first kappa shape index (κ1) is 18.7. The smallest absolute Gasteiger partial charge is 0.306 e. The quantitative estimate of drug-likeness (QED) is 0.835. The molecular weight excluding hydrogens is 378 g/mol. The van der Waals surface area contributed by atoms with Crippen molar-refractivity contribution in [2.75, 3.05) is 13.1 Å². The first-order valence-corrected chi connectivity index (χ1v) is 9.94. The molecule has 0 bridgehead atoms. The SMILES string of the molecule is O=C(O)C1CCN(S(=O)(=O)c2ccc(Oc3cccc(Cl)c3)cc2)CC1. The Bertz CT molecular complexity index is 890. The lowest BCUT2D eigenvalue weighted by Gasteiger charge is -2.29. The molecule has 0 unspecified atom stereocenters. The molecule has 26 heavy (non-hydrogen) atoms. The fourth-order valence-corrected chi connectivity index (χ4v) is 4.49. The van der Waals surface area contributed by atoms with Gasteiger partial charge in [0.05, 0.1) is 10.8 Å². The molecule has 1 fully saturated rings. The molecule has 0 aromatic heterocycles. The van der Waals surface area contributed by atoms with Crippen molar-refractivity contribution < 1.29 is 23.1 Å². The Morgan fingerprint density at radius 3 is 2.31 bits per heavy atom. The third-order valence-electron chi connectivity index (χ3n) is 4.30. The second kappa shape index (κ2) is 7.65. The lowest BCUT2D eigenvalue weighted by molar-refractivity contribution is -0.142. The van der Waals surface area contributed by atoms with Crippen molar-refractivity contribution in [1.82, 2.24) is 4.31 Å². The highest BCUT2D eigenvalue weighted by molar-refractivity contribution is 7.89. The van der Waals surface area contributed by atoms with Crippen LogP contribution in [0.3, 0.4) is 0 Å². The Kier molecular flexibility index (Phi) is 5.50. The zero-order valence-corrected chi connectivity index (χ0v) is 15.4. The molecule has 138 valence electrons. The van der Waals surface area contributed by atoms with Gasteiger partial charge in [0.1, 0.15) is 11.5 Å². The number of nitrogens with zero attached hydrogens (tertiary/aromatic N) is 1. The maximum absolute atomic E-state index is 12.7. The minimum absolute atomic E-state index is 0.157. The summed E-state index contributed by atoms with van der Waals surface area (Å²) in [6.07, 6.45) is 0.648. The lowest BCUT2D eigenvalue weighted by atomic mass is 9.99. The third-order valence-corrected chi connectivity index (χ3v) is 6.44. The van der Waals surface area contributed by atoms with Gasteiger partial charge in [-0.1, -0.05) is 17.7 Å². The van der Waals surface area contributed by atoms with Crippen molar-refractivity contribution in [1.29, 1.82) is 0 Å². The number of carboxylic acid groups (broad SMARTS) is 1. The van der Waals surface area contributed by atoms with Crippen molar-refractivity contribution in [3.8, 4) is 11.5 Å². The summed E-state index contributed by atoms with van der Waals surface area (Å²) in [6, 6.07) is 13.0. The van der Waals surface area contributed by atoms with Crippen LogP contribution in [0.1, 0.15) is 12.8 Å². The first-order valence-electron chi connectivity index (χ1n) is 8.13. The van der Waals surface area contributed by atoms with E-state index in [1.807, 2.05) is 0 Å². The molecule has 6 nitrogen and oxygen atoms in total. The Morgan fingerprint density at radius 2 is 1.73 bits per heavy atom. The number of halogens is 1. The van der Waals surface area contributed by atoms with Crippen molar-refractivity contribution >= 4 is 27.6 Å². The number of carbonyl (C=O) groups is 1. The molecule has 2 aromatic rings. The lowest BCUT2D eigenvalue weighted by Crippen LogP contribution is -2.40. The Morgan fingerprint density at radius 1 is 1.08 bits per heavy atom.